The van der Waals surface area contributed by atoms with Crippen molar-refractivity contribution >= 4 is 87.4 Å². The molecule has 0 fully saturated rings. The van der Waals surface area contributed by atoms with Crippen molar-refractivity contribution in [3.63, 3.8) is 0 Å². The summed E-state index contributed by atoms with van der Waals surface area (Å²) in [6.45, 7) is 7.18. The summed E-state index contributed by atoms with van der Waals surface area (Å²) < 4.78 is 74.7. The van der Waals surface area contributed by atoms with Crippen LogP contribution in [-0.2, 0) is 32.8 Å². The molecule has 0 bridgehead atoms. The SMILES string of the molecule is CCCCCN(N/C(=N/CS(C)(=O)=O)c1cnc(-c2cc(OCOC)cc3ccc(F)c(C#[C][Tl])c23)c(F)c1N)C(=O)OC(C)(C)C.P.[SH-]. The molecular weight excluding hydrogens is 888 g/mol. The molecule has 1 amide bonds. The summed E-state index contributed by atoms with van der Waals surface area (Å²) in [7, 11) is -2.20. The average Bonchev–Trinajstić information content (AvgIpc) is 2.98. The number of hydrazine groups is 1. The van der Waals surface area contributed by atoms with Gasteiger partial charge in [-0.25, -0.2) is 13.2 Å². The minimum Gasteiger partial charge on any atom is -0.813 e. The molecule has 0 aliphatic rings. The number of rotatable bonds is 11. The summed E-state index contributed by atoms with van der Waals surface area (Å²) in [5, 5.41) is 1.95. The van der Waals surface area contributed by atoms with Gasteiger partial charge in [-0.15, -0.1) is 0 Å². The second-order valence-electron chi connectivity index (χ2n) is 11.6. The summed E-state index contributed by atoms with van der Waals surface area (Å²) in [6.07, 6.45) is 3.67. The predicted octanol–water partition coefficient (Wildman–Crippen LogP) is 4.69. The van der Waals surface area contributed by atoms with Crippen LogP contribution >= 0.6 is 9.90 Å². The summed E-state index contributed by atoms with van der Waals surface area (Å²) in [6, 6.07) is 5.93. The molecular formula is C32H42F2N5O6PS2Tl-. The first-order chi connectivity index (χ1) is 22.1. The number of aromatic nitrogens is 1. The van der Waals surface area contributed by atoms with Crippen molar-refractivity contribution in [3.8, 4) is 26.4 Å². The molecule has 0 aliphatic carbocycles. The van der Waals surface area contributed by atoms with Crippen LogP contribution < -0.4 is 15.9 Å². The maximum absolute atomic E-state index is 16.4. The summed E-state index contributed by atoms with van der Waals surface area (Å²) in [5.41, 5.74) is 7.76. The van der Waals surface area contributed by atoms with Crippen LogP contribution in [0, 0.1) is 21.0 Å². The Hall–Kier alpha value is -2.78. The number of aliphatic imine (C=N–C) groups is 1. The first kappa shape index (κ1) is 44.2. The number of hydrogen-bond acceptors (Lipinski definition) is 10. The number of nitrogens with one attached hydrogen (secondary N) is 1. The van der Waals surface area contributed by atoms with Crippen molar-refractivity contribution < 1.29 is 36.2 Å². The number of methoxy groups -OCH3 is 1. The van der Waals surface area contributed by atoms with Crippen molar-refractivity contribution in [2.75, 3.05) is 38.3 Å². The molecule has 0 spiro atoms. The number of pyridine rings is 1. The number of thiol groups is 1. The van der Waals surface area contributed by atoms with Crippen molar-refractivity contribution in [2.45, 2.75) is 52.6 Å². The number of benzene rings is 2. The minimum absolute atomic E-state index is 0. The minimum atomic E-state index is -3.64. The van der Waals surface area contributed by atoms with Crippen LogP contribution in [0.25, 0.3) is 22.0 Å². The van der Waals surface area contributed by atoms with E-state index in [1.807, 2.05) is 6.92 Å². The first-order valence-corrected chi connectivity index (χ1v) is 18.9. The van der Waals surface area contributed by atoms with Crippen LogP contribution in [0.3, 0.4) is 0 Å². The van der Waals surface area contributed by atoms with E-state index in [2.05, 4.69) is 24.8 Å². The molecule has 3 aromatic rings. The molecule has 1 aromatic heterocycles. The van der Waals surface area contributed by atoms with Crippen molar-refractivity contribution in [2.24, 2.45) is 4.99 Å². The zero-order chi connectivity index (χ0) is 34.9. The Kier molecular flexibility index (Phi) is 17.7. The van der Waals surface area contributed by atoms with E-state index in [4.69, 9.17) is 19.9 Å². The number of nitrogen functional groups attached to an aromatic ring is 1. The summed E-state index contributed by atoms with van der Waals surface area (Å²) in [5.74, 6) is 0.627. The molecule has 1 unspecified atom stereocenters. The van der Waals surface area contributed by atoms with Gasteiger partial charge < -0.3 is 18.2 Å². The topological polar surface area (TPSA) is 145 Å². The van der Waals surface area contributed by atoms with E-state index in [-0.39, 0.29) is 90.7 Å². The number of unbranched alkanes of at least 4 members (excludes halogenated alkanes) is 2. The number of nitrogens with zero attached hydrogens (tertiary/aromatic N) is 3. The van der Waals surface area contributed by atoms with Crippen molar-refractivity contribution in [1.29, 1.82) is 0 Å². The Morgan fingerprint density at radius 2 is 1.90 bits per heavy atom. The zero-order valence-electron chi connectivity index (χ0n) is 28.4. The van der Waals surface area contributed by atoms with Gasteiger partial charge in [-0.05, 0) is 27.2 Å². The fourth-order valence-corrected chi connectivity index (χ4v) is 5.33. The maximum atomic E-state index is 16.4. The fourth-order valence-electron chi connectivity index (χ4n) is 4.40. The molecule has 3 N–H and O–H groups in total. The van der Waals surface area contributed by atoms with Gasteiger partial charge in [0.1, 0.15) is 5.60 Å². The zero-order valence-corrected chi connectivity index (χ0v) is 36.0. The molecule has 0 saturated heterocycles. The monoisotopic (exact) mass is 930 g/mol. The van der Waals surface area contributed by atoms with Crippen LogP contribution in [-0.4, -0.2) is 94.3 Å². The molecule has 1 heterocycles. The number of carbonyl (C=O) groups is 1. The quantitative estimate of drug-likeness (QED) is 0.0266. The number of fused-ring (bicyclic) bond motifs is 1. The number of sulfone groups is 1. The van der Waals surface area contributed by atoms with Gasteiger partial charge in [-0.1, -0.05) is 19.8 Å². The van der Waals surface area contributed by atoms with Crippen molar-refractivity contribution in [1.82, 2.24) is 15.4 Å². The van der Waals surface area contributed by atoms with Crippen LogP contribution in [0.1, 0.15) is 58.1 Å². The van der Waals surface area contributed by atoms with E-state index < -0.39 is 44.7 Å². The number of anilines is 1. The molecule has 49 heavy (non-hydrogen) atoms. The third-order valence-corrected chi connectivity index (χ3v) is 7.60. The van der Waals surface area contributed by atoms with Gasteiger partial charge in [0.05, 0.1) is 0 Å². The summed E-state index contributed by atoms with van der Waals surface area (Å²) in [4.78, 5) is 21.6. The molecule has 0 radical (unpaired) electrons. The number of halogens is 2. The Labute approximate surface area is 312 Å². The van der Waals surface area contributed by atoms with Crippen molar-refractivity contribution in [3.05, 3.63) is 53.2 Å². The van der Waals surface area contributed by atoms with E-state index in [0.29, 0.717) is 22.9 Å². The van der Waals surface area contributed by atoms with Gasteiger partial charge in [0, 0.05) is 12.8 Å². The Bertz CT molecular complexity index is 1830. The van der Waals surface area contributed by atoms with Gasteiger partial charge >= 0.3 is 198 Å². The molecule has 2 aromatic carbocycles. The Balaban J connectivity index is 0.00000600. The number of amides is 1. The molecule has 3 rings (SSSR count). The third kappa shape index (κ3) is 12.5. The van der Waals surface area contributed by atoms with Gasteiger partial charge in [-0.2, -0.15) is 9.90 Å². The smallest absolute Gasteiger partial charge is 0.429 e. The van der Waals surface area contributed by atoms with Gasteiger partial charge in [0.2, 0.25) is 0 Å². The summed E-state index contributed by atoms with van der Waals surface area (Å²) >= 11 is 0.256. The van der Waals surface area contributed by atoms with Gasteiger partial charge in [-0.3, -0.25) is 0 Å². The van der Waals surface area contributed by atoms with E-state index in [1.165, 1.54) is 31.5 Å². The second-order valence-corrected chi connectivity index (χ2v) is 14.8. The van der Waals surface area contributed by atoms with Crippen LogP contribution in [0.4, 0.5) is 19.3 Å². The number of nitrogens with two attached hydrogens (primary N) is 1. The van der Waals surface area contributed by atoms with E-state index in [0.717, 1.165) is 24.1 Å². The molecule has 266 valence electrons. The average molecular weight is 930 g/mol. The molecule has 0 saturated carbocycles. The maximum Gasteiger partial charge on any atom is 0.429 e. The number of carbonyl (C=O) groups excluding carboxylic acids is 1. The largest absolute Gasteiger partial charge is 0.813 e. The molecule has 17 heteroatoms. The second kappa shape index (κ2) is 19.6. The first-order valence-electron chi connectivity index (χ1n) is 14.6. The number of hydrogen-bond donors (Lipinski definition) is 2. The van der Waals surface area contributed by atoms with Crippen LogP contribution in [0.5, 0.6) is 5.75 Å². The Morgan fingerprint density at radius 1 is 1.20 bits per heavy atom. The van der Waals surface area contributed by atoms with E-state index in [9.17, 15) is 13.2 Å². The molecule has 1 atom stereocenters. The van der Waals surface area contributed by atoms with Crippen LogP contribution in [0.2, 0.25) is 0 Å². The van der Waals surface area contributed by atoms with Gasteiger partial charge in [0.15, 0.2) is 9.84 Å². The van der Waals surface area contributed by atoms with E-state index in [1.54, 1.807) is 26.8 Å². The standard InChI is InChI=1S/C32H38F2N5O6S.H3P.H2S.Tl/c1-8-10-11-14-39(31(40)45-32(3,4)5)38-30(37-18-46(7,41)42)24-17-36-29(27(34)28(24)35)23-16-21(44-19-43-6)15-20-12-13-25(33)22(9-2)26(20)23;;;/h12-13,15-17H,8,10-11,14,18-19H2,1,3-7H3,(H2,35,36)(H,37,38);1H3;1H2;/p-1. The fraction of sp³-hybridized carbons (Fsp3) is 0.406. The normalized spacial score (nSPS) is 11.4. The number of amidine groups is 1. The van der Waals surface area contributed by atoms with Gasteiger partial charge in [0.25, 0.3) is 0 Å². The third-order valence-electron chi connectivity index (χ3n) is 6.45. The molecule has 0 aliphatic heterocycles. The predicted molar refractivity (Wildman–Crippen MR) is 198 cm³/mol. The molecule has 11 nitrogen and oxygen atoms in total. The Morgan fingerprint density at radius 3 is 2.49 bits per heavy atom. The number of ether oxygens (including phenoxy) is 3. The van der Waals surface area contributed by atoms with E-state index >= 15 is 8.78 Å². The van der Waals surface area contributed by atoms with Crippen LogP contribution in [0.15, 0.2) is 35.5 Å².